The summed E-state index contributed by atoms with van der Waals surface area (Å²) in [5.74, 6) is -1.09. The SMILES string of the molecule is NCCOCC(=O)NCC1(C(=O)O)CCCCCC1. The summed E-state index contributed by atoms with van der Waals surface area (Å²) in [4.78, 5) is 23.0. The minimum absolute atomic E-state index is 0.0626. The van der Waals surface area contributed by atoms with Gasteiger partial charge in [0.05, 0.1) is 12.0 Å². The van der Waals surface area contributed by atoms with Gasteiger partial charge in [0.2, 0.25) is 5.91 Å². The van der Waals surface area contributed by atoms with Gasteiger partial charge >= 0.3 is 5.97 Å². The molecule has 1 fully saturated rings. The summed E-state index contributed by atoms with van der Waals surface area (Å²) in [6, 6.07) is 0. The molecule has 0 aliphatic heterocycles. The number of carbonyl (C=O) groups excluding carboxylic acids is 1. The fourth-order valence-electron chi connectivity index (χ4n) is 2.44. The molecular weight excluding hydrogens is 248 g/mol. The van der Waals surface area contributed by atoms with E-state index in [0.29, 0.717) is 26.0 Å². The van der Waals surface area contributed by atoms with E-state index in [2.05, 4.69) is 5.32 Å². The van der Waals surface area contributed by atoms with Crippen molar-refractivity contribution in [1.29, 1.82) is 0 Å². The van der Waals surface area contributed by atoms with Crippen LogP contribution in [0.1, 0.15) is 38.5 Å². The van der Waals surface area contributed by atoms with E-state index in [0.717, 1.165) is 25.7 Å². The molecule has 0 aromatic heterocycles. The van der Waals surface area contributed by atoms with Crippen LogP contribution < -0.4 is 11.1 Å². The second kappa shape index (κ2) is 8.12. The number of carboxylic acid groups (broad SMARTS) is 1. The summed E-state index contributed by atoms with van der Waals surface area (Å²) in [5, 5.41) is 12.1. The van der Waals surface area contributed by atoms with E-state index < -0.39 is 11.4 Å². The average molecular weight is 272 g/mol. The van der Waals surface area contributed by atoms with E-state index in [1.54, 1.807) is 0 Å². The maximum absolute atomic E-state index is 11.5. The fourth-order valence-corrected chi connectivity index (χ4v) is 2.44. The smallest absolute Gasteiger partial charge is 0.311 e. The molecule has 1 saturated carbocycles. The van der Waals surface area contributed by atoms with Crippen LogP contribution in [0.15, 0.2) is 0 Å². The number of aliphatic carboxylic acids is 1. The molecule has 0 aromatic carbocycles. The van der Waals surface area contributed by atoms with Crippen LogP contribution in [0, 0.1) is 5.41 Å². The number of ether oxygens (including phenoxy) is 1. The van der Waals surface area contributed by atoms with Gasteiger partial charge in [-0.3, -0.25) is 9.59 Å². The summed E-state index contributed by atoms with van der Waals surface area (Å²) in [5.41, 5.74) is 4.44. The molecule has 0 bridgehead atoms. The van der Waals surface area contributed by atoms with E-state index in [1.165, 1.54) is 0 Å². The first-order valence-corrected chi connectivity index (χ1v) is 6.89. The van der Waals surface area contributed by atoms with Crippen LogP contribution in [-0.2, 0) is 14.3 Å². The Kier molecular flexibility index (Phi) is 6.80. The molecule has 4 N–H and O–H groups in total. The first-order valence-electron chi connectivity index (χ1n) is 6.89. The highest BCUT2D eigenvalue weighted by Crippen LogP contribution is 2.34. The van der Waals surface area contributed by atoms with Crippen molar-refractivity contribution in [3.8, 4) is 0 Å². The Morgan fingerprint density at radius 2 is 1.84 bits per heavy atom. The number of hydrogen-bond acceptors (Lipinski definition) is 4. The Morgan fingerprint density at radius 1 is 1.21 bits per heavy atom. The zero-order valence-corrected chi connectivity index (χ0v) is 11.3. The Bertz CT molecular complexity index is 299. The Labute approximate surface area is 113 Å². The lowest BCUT2D eigenvalue weighted by molar-refractivity contribution is -0.150. The second-order valence-corrected chi connectivity index (χ2v) is 5.12. The lowest BCUT2D eigenvalue weighted by Crippen LogP contribution is -2.44. The number of carboxylic acids is 1. The highest BCUT2D eigenvalue weighted by Gasteiger charge is 2.38. The van der Waals surface area contributed by atoms with Gasteiger partial charge in [-0.15, -0.1) is 0 Å². The molecule has 1 aliphatic carbocycles. The van der Waals surface area contributed by atoms with Gasteiger partial charge in [0.25, 0.3) is 0 Å². The Morgan fingerprint density at radius 3 is 2.37 bits per heavy atom. The molecule has 0 atom stereocenters. The van der Waals surface area contributed by atoms with Gasteiger partial charge in [0, 0.05) is 13.1 Å². The first-order chi connectivity index (χ1) is 9.10. The van der Waals surface area contributed by atoms with Crippen molar-refractivity contribution in [2.75, 3.05) is 26.3 Å². The lowest BCUT2D eigenvalue weighted by Gasteiger charge is -2.28. The quantitative estimate of drug-likeness (QED) is 0.463. The largest absolute Gasteiger partial charge is 0.481 e. The van der Waals surface area contributed by atoms with Crippen molar-refractivity contribution in [2.45, 2.75) is 38.5 Å². The number of amides is 1. The minimum Gasteiger partial charge on any atom is -0.481 e. The van der Waals surface area contributed by atoms with Crippen LogP contribution in [0.25, 0.3) is 0 Å². The molecule has 110 valence electrons. The molecule has 6 nitrogen and oxygen atoms in total. The number of rotatable bonds is 7. The topological polar surface area (TPSA) is 102 Å². The number of hydrogen-bond donors (Lipinski definition) is 3. The van der Waals surface area contributed by atoms with Crippen molar-refractivity contribution in [3.63, 3.8) is 0 Å². The Hall–Kier alpha value is -1.14. The molecule has 1 amide bonds. The third-order valence-electron chi connectivity index (χ3n) is 3.63. The molecule has 0 heterocycles. The van der Waals surface area contributed by atoms with Crippen LogP contribution in [0.5, 0.6) is 0 Å². The zero-order valence-electron chi connectivity index (χ0n) is 11.3. The highest BCUT2D eigenvalue weighted by atomic mass is 16.5. The number of nitrogens with two attached hydrogens (primary N) is 1. The minimum atomic E-state index is -0.808. The predicted octanol–water partition coefficient (Wildman–Crippen LogP) is 0.503. The second-order valence-electron chi connectivity index (χ2n) is 5.12. The van der Waals surface area contributed by atoms with Crippen molar-refractivity contribution in [1.82, 2.24) is 5.32 Å². The average Bonchev–Trinajstić information content (AvgIpc) is 2.63. The maximum atomic E-state index is 11.5. The molecule has 0 unspecified atom stereocenters. The molecule has 19 heavy (non-hydrogen) atoms. The van der Waals surface area contributed by atoms with E-state index in [4.69, 9.17) is 10.5 Å². The molecule has 1 rings (SSSR count). The van der Waals surface area contributed by atoms with Crippen LogP contribution in [0.2, 0.25) is 0 Å². The van der Waals surface area contributed by atoms with Crippen LogP contribution in [0.3, 0.4) is 0 Å². The van der Waals surface area contributed by atoms with Crippen LogP contribution in [-0.4, -0.2) is 43.3 Å². The van der Waals surface area contributed by atoms with Gasteiger partial charge in [-0.05, 0) is 12.8 Å². The normalized spacial score (nSPS) is 18.6. The van der Waals surface area contributed by atoms with Crippen molar-refractivity contribution in [3.05, 3.63) is 0 Å². The number of nitrogens with one attached hydrogen (secondary N) is 1. The van der Waals surface area contributed by atoms with Gasteiger partial charge in [0.15, 0.2) is 0 Å². The lowest BCUT2D eigenvalue weighted by atomic mass is 9.80. The maximum Gasteiger partial charge on any atom is 0.311 e. The highest BCUT2D eigenvalue weighted by molar-refractivity contribution is 5.79. The molecule has 1 aliphatic rings. The third-order valence-corrected chi connectivity index (χ3v) is 3.63. The van der Waals surface area contributed by atoms with Gasteiger partial charge < -0.3 is 20.9 Å². The van der Waals surface area contributed by atoms with Crippen molar-refractivity contribution in [2.24, 2.45) is 11.1 Å². The first kappa shape index (κ1) is 15.9. The van der Waals surface area contributed by atoms with Crippen LogP contribution in [0.4, 0.5) is 0 Å². The van der Waals surface area contributed by atoms with Gasteiger partial charge in [-0.2, -0.15) is 0 Å². The molecule has 6 heteroatoms. The summed E-state index contributed by atoms with van der Waals surface area (Å²) in [6.45, 7) is 0.823. The van der Waals surface area contributed by atoms with E-state index in [9.17, 15) is 14.7 Å². The standard InChI is InChI=1S/C13H24N2O4/c14-7-8-19-9-11(16)15-10-13(12(17)18)5-3-1-2-4-6-13/h1-10,14H2,(H,15,16)(H,17,18). The van der Waals surface area contributed by atoms with Gasteiger partial charge in [0.1, 0.15) is 6.61 Å². The summed E-state index contributed by atoms with van der Waals surface area (Å²) in [7, 11) is 0. The van der Waals surface area contributed by atoms with E-state index in [1.807, 2.05) is 0 Å². The molecule has 0 radical (unpaired) electrons. The molecule has 0 spiro atoms. The fraction of sp³-hybridized carbons (Fsp3) is 0.846. The monoisotopic (exact) mass is 272 g/mol. The summed E-state index contributed by atoms with van der Waals surface area (Å²) < 4.78 is 5.02. The summed E-state index contributed by atoms with van der Waals surface area (Å²) in [6.07, 6.45) is 5.22. The van der Waals surface area contributed by atoms with Crippen molar-refractivity contribution >= 4 is 11.9 Å². The molecule has 0 aromatic rings. The predicted molar refractivity (Wildman–Crippen MR) is 70.7 cm³/mol. The molecule has 0 saturated heterocycles. The van der Waals surface area contributed by atoms with Crippen molar-refractivity contribution < 1.29 is 19.4 Å². The van der Waals surface area contributed by atoms with Crippen LogP contribution >= 0.6 is 0 Å². The summed E-state index contributed by atoms with van der Waals surface area (Å²) >= 11 is 0. The zero-order chi connectivity index (χ0) is 14.1. The third kappa shape index (κ3) is 5.16. The Balaban J connectivity index is 2.45. The number of carbonyl (C=O) groups is 2. The molecular formula is C13H24N2O4. The van der Waals surface area contributed by atoms with Gasteiger partial charge in [-0.25, -0.2) is 0 Å². The van der Waals surface area contributed by atoms with E-state index in [-0.39, 0.29) is 19.1 Å². The van der Waals surface area contributed by atoms with Gasteiger partial charge in [-0.1, -0.05) is 25.7 Å². The van der Waals surface area contributed by atoms with E-state index >= 15 is 0 Å².